The summed E-state index contributed by atoms with van der Waals surface area (Å²) in [5.41, 5.74) is -0.297. The molecule has 4 rings (SSSR count). The molecule has 2 fully saturated rings. The second-order valence-electron chi connectivity index (χ2n) is 8.75. The van der Waals surface area contributed by atoms with Gasteiger partial charge in [0.05, 0.1) is 23.3 Å². The minimum atomic E-state index is -0.829. The van der Waals surface area contributed by atoms with E-state index in [0.717, 1.165) is 24.3 Å². The van der Waals surface area contributed by atoms with Crippen molar-refractivity contribution in [2.24, 2.45) is 0 Å². The van der Waals surface area contributed by atoms with Gasteiger partial charge in [-0.05, 0) is 40.2 Å². The predicted octanol–water partition coefficient (Wildman–Crippen LogP) is 2.32. The average Bonchev–Trinajstić information content (AvgIpc) is 3.22. The molecular formula is C19H25FN4O4. The predicted molar refractivity (Wildman–Crippen MR) is 96.7 cm³/mol. The fraction of sp³-hybridized carbons (Fsp3) is 0.684. The summed E-state index contributed by atoms with van der Waals surface area (Å²) >= 11 is 0. The zero-order valence-electron chi connectivity index (χ0n) is 16.4. The first-order chi connectivity index (χ1) is 13.2. The highest BCUT2D eigenvalue weighted by Gasteiger charge is 2.49. The second-order valence-corrected chi connectivity index (χ2v) is 8.75. The van der Waals surface area contributed by atoms with Gasteiger partial charge < -0.3 is 9.47 Å². The van der Waals surface area contributed by atoms with Crippen molar-refractivity contribution in [2.75, 3.05) is 19.7 Å². The number of halogens is 1. The molecule has 2 saturated heterocycles. The Hall–Kier alpha value is -2.29. The number of fused-ring (bicyclic) bond motifs is 2. The lowest BCUT2D eigenvalue weighted by molar-refractivity contribution is 0.0247. The fourth-order valence-electron chi connectivity index (χ4n) is 4.25. The van der Waals surface area contributed by atoms with Gasteiger partial charge in [0.1, 0.15) is 18.4 Å². The molecule has 0 N–H and O–H groups in total. The number of hydrogen-bond acceptors (Lipinski definition) is 7. The SMILES string of the molecule is CC(C)(C)OC(=O)N1Cc2nc(OC[C@@]34CCCN3C[C@H](F)C4)ncc2C1=O. The molecule has 3 aliphatic heterocycles. The van der Waals surface area contributed by atoms with Crippen LogP contribution in [-0.4, -0.2) is 68.8 Å². The van der Waals surface area contributed by atoms with Gasteiger partial charge in [-0.15, -0.1) is 0 Å². The Morgan fingerprint density at radius 2 is 2.21 bits per heavy atom. The fourth-order valence-corrected chi connectivity index (χ4v) is 4.25. The third kappa shape index (κ3) is 3.43. The minimum Gasteiger partial charge on any atom is -0.461 e. The molecule has 3 aliphatic rings. The van der Waals surface area contributed by atoms with E-state index < -0.39 is 23.8 Å². The average molecular weight is 392 g/mol. The number of amides is 2. The van der Waals surface area contributed by atoms with E-state index in [1.165, 1.54) is 6.20 Å². The molecule has 9 heteroatoms. The monoisotopic (exact) mass is 392 g/mol. The standard InChI is InChI=1S/C19H25FN4O4/c1-18(2,3)28-17(26)24-10-14-13(15(24)25)8-21-16(22-14)27-11-19-5-4-6-23(19)9-12(20)7-19/h8,12H,4-7,9-11H2,1-3H3/t12-,19+/m1/s1. The van der Waals surface area contributed by atoms with Crippen LogP contribution in [0.1, 0.15) is 56.1 Å². The third-order valence-corrected chi connectivity index (χ3v) is 5.47. The van der Waals surface area contributed by atoms with Gasteiger partial charge in [0.15, 0.2) is 0 Å². The molecule has 1 aromatic rings. The Labute approximate surface area is 163 Å². The molecule has 1 aromatic heterocycles. The molecule has 2 atom stereocenters. The van der Waals surface area contributed by atoms with E-state index in [9.17, 15) is 14.0 Å². The molecule has 0 radical (unpaired) electrons. The van der Waals surface area contributed by atoms with E-state index in [0.29, 0.717) is 25.3 Å². The van der Waals surface area contributed by atoms with Crippen LogP contribution >= 0.6 is 0 Å². The van der Waals surface area contributed by atoms with Gasteiger partial charge >= 0.3 is 12.1 Å². The summed E-state index contributed by atoms with van der Waals surface area (Å²) in [7, 11) is 0. The normalized spacial score (nSPS) is 27.1. The van der Waals surface area contributed by atoms with Crippen LogP contribution < -0.4 is 4.74 Å². The van der Waals surface area contributed by atoms with Crippen LogP contribution in [0.2, 0.25) is 0 Å². The van der Waals surface area contributed by atoms with Crippen molar-refractivity contribution in [3.63, 3.8) is 0 Å². The van der Waals surface area contributed by atoms with Crippen molar-refractivity contribution >= 4 is 12.0 Å². The first-order valence-corrected chi connectivity index (χ1v) is 9.60. The summed E-state index contributed by atoms with van der Waals surface area (Å²) in [6.45, 7) is 6.88. The van der Waals surface area contributed by atoms with Crippen molar-refractivity contribution in [1.82, 2.24) is 19.8 Å². The maximum Gasteiger partial charge on any atom is 0.417 e. The van der Waals surface area contributed by atoms with Crippen LogP contribution in [0.25, 0.3) is 0 Å². The van der Waals surface area contributed by atoms with Crippen LogP contribution in [0, 0.1) is 0 Å². The van der Waals surface area contributed by atoms with Crippen LogP contribution in [0.15, 0.2) is 6.20 Å². The molecule has 8 nitrogen and oxygen atoms in total. The van der Waals surface area contributed by atoms with Gasteiger partial charge in [0.25, 0.3) is 5.91 Å². The van der Waals surface area contributed by atoms with Gasteiger partial charge in [0, 0.05) is 19.2 Å². The van der Waals surface area contributed by atoms with Crippen molar-refractivity contribution in [3.8, 4) is 6.01 Å². The Morgan fingerprint density at radius 1 is 1.43 bits per heavy atom. The number of carbonyl (C=O) groups is 2. The summed E-state index contributed by atoms with van der Waals surface area (Å²) in [5.74, 6) is -0.479. The van der Waals surface area contributed by atoms with E-state index in [-0.39, 0.29) is 23.7 Å². The van der Waals surface area contributed by atoms with Crippen molar-refractivity contribution in [1.29, 1.82) is 0 Å². The molecular weight excluding hydrogens is 367 g/mol. The lowest BCUT2D eigenvalue weighted by Gasteiger charge is -2.30. The number of aromatic nitrogens is 2. The quantitative estimate of drug-likeness (QED) is 0.780. The number of imide groups is 1. The van der Waals surface area contributed by atoms with Gasteiger partial charge in [0.2, 0.25) is 0 Å². The highest BCUT2D eigenvalue weighted by Crippen LogP contribution is 2.40. The van der Waals surface area contributed by atoms with Gasteiger partial charge in [-0.25, -0.2) is 19.1 Å². The maximum atomic E-state index is 13.9. The number of carbonyl (C=O) groups excluding carboxylic acids is 2. The summed E-state index contributed by atoms with van der Waals surface area (Å²) in [6, 6.07) is 0.140. The molecule has 0 aromatic carbocycles. The summed E-state index contributed by atoms with van der Waals surface area (Å²) < 4.78 is 24.9. The van der Waals surface area contributed by atoms with Gasteiger partial charge in [-0.2, -0.15) is 4.98 Å². The molecule has 0 saturated carbocycles. The maximum absolute atomic E-state index is 13.9. The zero-order valence-corrected chi connectivity index (χ0v) is 16.4. The van der Waals surface area contributed by atoms with Crippen LogP contribution in [-0.2, 0) is 11.3 Å². The Morgan fingerprint density at radius 3 is 2.96 bits per heavy atom. The highest BCUT2D eigenvalue weighted by atomic mass is 19.1. The lowest BCUT2D eigenvalue weighted by Crippen LogP contribution is -2.43. The number of hydrogen-bond donors (Lipinski definition) is 0. The van der Waals surface area contributed by atoms with E-state index in [2.05, 4.69) is 14.9 Å². The van der Waals surface area contributed by atoms with Gasteiger partial charge in [-0.1, -0.05) is 0 Å². The van der Waals surface area contributed by atoms with Crippen molar-refractivity contribution in [3.05, 3.63) is 17.5 Å². The van der Waals surface area contributed by atoms with Gasteiger partial charge in [-0.3, -0.25) is 9.69 Å². The number of ether oxygens (including phenoxy) is 2. The van der Waals surface area contributed by atoms with Crippen molar-refractivity contribution < 1.29 is 23.5 Å². The first kappa shape index (κ1) is 19.0. The van der Waals surface area contributed by atoms with Crippen LogP contribution in [0.4, 0.5) is 9.18 Å². The summed E-state index contributed by atoms with van der Waals surface area (Å²) in [6.07, 6.45) is 2.22. The molecule has 0 bridgehead atoms. The highest BCUT2D eigenvalue weighted by molar-refractivity contribution is 6.05. The number of alkyl halides is 1. The molecule has 152 valence electrons. The first-order valence-electron chi connectivity index (χ1n) is 9.60. The Kier molecular flexibility index (Phi) is 4.52. The summed E-state index contributed by atoms with van der Waals surface area (Å²) in [4.78, 5) is 36.3. The third-order valence-electron chi connectivity index (χ3n) is 5.47. The van der Waals surface area contributed by atoms with E-state index in [4.69, 9.17) is 9.47 Å². The molecule has 2 amide bonds. The molecule has 0 aliphatic carbocycles. The number of nitrogens with zero attached hydrogens (tertiary/aromatic N) is 4. The van der Waals surface area contributed by atoms with Crippen LogP contribution in [0.3, 0.4) is 0 Å². The second kappa shape index (κ2) is 6.65. The summed E-state index contributed by atoms with van der Waals surface area (Å²) in [5, 5.41) is 0. The topological polar surface area (TPSA) is 84.9 Å². The molecule has 0 unspecified atom stereocenters. The van der Waals surface area contributed by atoms with E-state index in [1.807, 2.05) is 0 Å². The number of rotatable bonds is 3. The largest absolute Gasteiger partial charge is 0.461 e. The molecule has 28 heavy (non-hydrogen) atoms. The Bertz CT molecular complexity index is 812. The van der Waals surface area contributed by atoms with Crippen LogP contribution in [0.5, 0.6) is 6.01 Å². The Balaban J connectivity index is 1.44. The lowest BCUT2D eigenvalue weighted by atomic mass is 9.95. The smallest absolute Gasteiger partial charge is 0.417 e. The van der Waals surface area contributed by atoms with E-state index in [1.54, 1.807) is 20.8 Å². The zero-order chi connectivity index (χ0) is 20.1. The van der Waals surface area contributed by atoms with Crippen molar-refractivity contribution in [2.45, 2.75) is 63.9 Å². The van der Waals surface area contributed by atoms with E-state index >= 15 is 0 Å². The molecule has 4 heterocycles. The minimum absolute atomic E-state index is 0.0196. The molecule has 0 spiro atoms.